The van der Waals surface area contributed by atoms with Crippen molar-refractivity contribution in [1.29, 1.82) is 0 Å². The van der Waals surface area contributed by atoms with Crippen LogP contribution in [0.3, 0.4) is 0 Å². The monoisotopic (exact) mass is 428 g/mol. The van der Waals surface area contributed by atoms with Crippen molar-refractivity contribution in [2.24, 2.45) is 11.7 Å². The second-order valence-electron chi connectivity index (χ2n) is 6.61. The third kappa shape index (κ3) is 8.11. The minimum atomic E-state index is -1.21. The molecule has 0 fully saturated rings. The van der Waals surface area contributed by atoms with E-state index in [-0.39, 0.29) is 18.1 Å². The van der Waals surface area contributed by atoms with Crippen LogP contribution in [-0.4, -0.2) is 69.2 Å². The van der Waals surface area contributed by atoms with Gasteiger partial charge in [-0.15, -0.1) is 0 Å². The molecule has 1 aromatic rings. The first-order valence-corrected chi connectivity index (χ1v) is 9.76. The lowest BCUT2D eigenvalue weighted by Gasteiger charge is -2.27. The van der Waals surface area contributed by atoms with Crippen LogP contribution in [0.15, 0.2) is 12.5 Å². The zero-order valence-corrected chi connectivity index (χ0v) is 17.2. The van der Waals surface area contributed by atoms with Crippen LogP contribution in [0.1, 0.15) is 26.0 Å². The molecule has 0 aliphatic rings. The number of hydrogen-bond donors (Lipinski definition) is 7. The summed E-state index contributed by atoms with van der Waals surface area (Å²) in [7, 11) is 0. The van der Waals surface area contributed by atoms with Gasteiger partial charge in [0.25, 0.3) is 0 Å². The molecular formula is C17H28N6O5S. The Morgan fingerprint density at radius 2 is 1.93 bits per heavy atom. The Kier molecular flexibility index (Phi) is 10.2. The largest absolute Gasteiger partial charge is 0.480 e. The van der Waals surface area contributed by atoms with Crippen LogP contribution in [0.4, 0.5) is 0 Å². The molecule has 0 bridgehead atoms. The van der Waals surface area contributed by atoms with Crippen molar-refractivity contribution >= 4 is 36.3 Å². The number of thiol groups is 1. The van der Waals surface area contributed by atoms with E-state index in [4.69, 9.17) is 10.8 Å². The van der Waals surface area contributed by atoms with E-state index in [1.54, 1.807) is 6.92 Å². The van der Waals surface area contributed by atoms with E-state index in [0.717, 1.165) is 0 Å². The first kappa shape index (κ1) is 24.4. The molecule has 0 aromatic carbocycles. The number of carboxylic acids is 1. The molecule has 0 spiro atoms. The topological polar surface area (TPSA) is 179 Å². The maximum absolute atomic E-state index is 12.9. The maximum Gasteiger partial charge on any atom is 0.322 e. The van der Waals surface area contributed by atoms with Gasteiger partial charge in [0.2, 0.25) is 17.7 Å². The minimum absolute atomic E-state index is 0.0640. The van der Waals surface area contributed by atoms with Gasteiger partial charge in [0, 0.05) is 24.1 Å². The lowest BCUT2D eigenvalue weighted by atomic mass is 9.97. The number of aromatic amines is 1. The Balaban J connectivity index is 2.95. The van der Waals surface area contributed by atoms with Crippen molar-refractivity contribution in [1.82, 2.24) is 25.9 Å². The number of nitrogens with two attached hydrogens (primary N) is 1. The smallest absolute Gasteiger partial charge is 0.322 e. The number of hydrogen-bond acceptors (Lipinski definition) is 7. The average molecular weight is 429 g/mol. The van der Waals surface area contributed by atoms with Gasteiger partial charge < -0.3 is 31.8 Å². The minimum Gasteiger partial charge on any atom is -0.480 e. The number of aliphatic carboxylic acids is 1. The van der Waals surface area contributed by atoms with Gasteiger partial charge >= 0.3 is 5.97 Å². The predicted octanol–water partition coefficient (Wildman–Crippen LogP) is -1.57. The van der Waals surface area contributed by atoms with Crippen molar-refractivity contribution in [3.8, 4) is 0 Å². The molecule has 1 heterocycles. The van der Waals surface area contributed by atoms with Crippen LogP contribution < -0.4 is 21.7 Å². The van der Waals surface area contributed by atoms with Crippen LogP contribution >= 0.6 is 12.6 Å². The molecule has 11 nitrogen and oxygen atoms in total. The van der Waals surface area contributed by atoms with Crippen LogP contribution in [0, 0.1) is 5.92 Å². The standard InChI is InChI=1S/C17H28N6O5S/c1-3-9(2)14(23-15(26)11(18)7-29)17(28)22-12(4-10-5-19-8-21-10)16(27)20-6-13(24)25/h5,8-9,11-12,14,29H,3-4,6-7,18H2,1-2H3,(H,19,21)(H,20,27)(H,22,28)(H,23,26)(H,24,25). The Morgan fingerprint density at radius 3 is 2.45 bits per heavy atom. The summed E-state index contributed by atoms with van der Waals surface area (Å²) in [5, 5.41) is 16.2. The average Bonchev–Trinajstić information content (AvgIpc) is 3.21. The maximum atomic E-state index is 12.9. The number of H-pyrrole nitrogens is 1. The zero-order chi connectivity index (χ0) is 22.0. The highest BCUT2D eigenvalue weighted by atomic mass is 32.1. The SMILES string of the molecule is CCC(C)C(NC(=O)C(N)CS)C(=O)NC(Cc1cnc[nH]1)C(=O)NCC(=O)O. The Hall–Kier alpha value is -2.60. The second kappa shape index (κ2) is 12.1. The molecule has 7 N–H and O–H groups in total. The van der Waals surface area contributed by atoms with Crippen LogP contribution in [-0.2, 0) is 25.6 Å². The molecule has 4 atom stereocenters. The number of imidazole rings is 1. The van der Waals surface area contributed by atoms with E-state index in [1.165, 1.54) is 12.5 Å². The van der Waals surface area contributed by atoms with Crippen molar-refractivity contribution in [2.75, 3.05) is 12.3 Å². The summed E-state index contributed by atoms with van der Waals surface area (Å²) in [6, 6.07) is -2.86. The lowest BCUT2D eigenvalue weighted by molar-refractivity contribution is -0.138. The molecule has 1 aromatic heterocycles. The molecule has 0 saturated carbocycles. The van der Waals surface area contributed by atoms with E-state index in [2.05, 4.69) is 38.5 Å². The Morgan fingerprint density at radius 1 is 1.24 bits per heavy atom. The summed E-state index contributed by atoms with van der Waals surface area (Å²) in [4.78, 5) is 54.8. The number of rotatable bonds is 12. The highest BCUT2D eigenvalue weighted by molar-refractivity contribution is 7.80. The molecule has 29 heavy (non-hydrogen) atoms. The quantitative estimate of drug-likeness (QED) is 0.196. The molecule has 1 rings (SSSR count). The number of carboxylic acid groups (broad SMARTS) is 1. The molecule has 4 unspecified atom stereocenters. The molecule has 0 saturated heterocycles. The molecular weight excluding hydrogens is 400 g/mol. The van der Waals surface area contributed by atoms with Crippen LogP contribution in [0.25, 0.3) is 0 Å². The summed E-state index contributed by atoms with van der Waals surface area (Å²) >= 11 is 3.98. The van der Waals surface area contributed by atoms with E-state index in [1.807, 2.05) is 6.92 Å². The highest BCUT2D eigenvalue weighted by Gasteiger charge is 2.31. The molecule has 162 valence electrons. The van der Waals surface area contributed by atoms with E-state index in [9.17, 15) is 19.2 Å². The first-order valence-electron chi connectivity index (χ1n) is 9.13. The molecule has 0 aliphatic heterocycles. The van der Waals surface area contributed by atoms with Gasteiger partial charge in [-0.3, -0.25) is 19.2 Å². The number of aromatic nitrogens is 2. The van der Waals surface area contributed by atoms with Crippen molar-refractivity contribution < 1.29 is 24.3 Å². The number of nitrogens with zero attached hydrogens (tertiary/aromatic N) is 1. The third-order valence-corrected chi connectivity index (χ3v) is 4.75. The molecule has 3 amide bonds. The fourth-order valence-corrected chi connectivity index (χ4v) is 2.58. The van der Waals surface area contributed by atoms with Gasteiger partial charge in [-0.2, -0.15) is 12.6 Å². The van der Waals surface area contributed by atoms with E-state index in [0.29, 0.717) is 12.1 Å². The van der Waals surface area contributed by atoms with Gasteiger partial charge in [0.1, 0.15) is 18.6 Å². The normalized spacial score (nSPS) is 14.9. The van der Waals surface area contributed by atoms with Crippen molar-refractivity contribution in [2.45, 2.75) is 44.8 Å². The molecule has 12 heteroatoms. The number of carbonyl (C=O) groups excluding carboxylic acids is 3. The fraction of sp³-hybridized carbons (Fsp3) is 0.588. The first-order chi connectivity index (χ1) is 13.7. The predicted molar refractivity (Wildman–Crippen MR) is 108 cm³/mol. The lowest BCUT2D eigenvalue weighted by Crippen LogP contribution is -2.58. The summed E-state index contributed by atoms with van der Waals surface area (Å²) in [5.74, 6) is -3.11. The summed E-state index contributed by atoms with van der Waals surface area (Å²) < 4.78 is 0. The van der Waals surface area contributed by atoms with E-state index < -0.39 is 48.4 Å². The van der Waals surface area contributed by atoms with Crippen molar-refractivity contribution in [3.05, 3.63) is 18.2 Å². The number of carbonyl (C=O) groups is 4. The van der Waals surface area contributed by atoms with Crippen molar-refractivity contribution in [3.63, 3.8) is 0 Å². The molecule has 0 radical (unpaired) electrons. The third-order valence-electron chi connectivity index (χ3n) is 4.35. The molecule has 0 aliphatic carbocycles. The summed E-state index contributed by atoms with van der Waals surface area (Å²) in [5.41, 5.74) is 6.23. The Labute approximate surface area is 174 Å². The van der Waals surface area contributed by atoms with Gasteiger partial charge in [-0.1, -0.05) is 20.3 Å². The second-order valence-corrected chi connectivity index (χ2v) is 6.98. The van der Waals surface area contributed by atoms with Crippen LogP contribution in [0.2, 0.25) is 0 Å². The number of nitrogens with one attached hydrogen (secondary N) is 4. The number of amides is 3. The van der Waals surface area contributed by atoms with Gasteiger partial charge in [0.05, 0.1) is 12.4 Å². The van der Waals surface area contributed by atoms with Gasteiger partial charge in [0.15, 0.2) is 0 Å². The summed E-state index contributed by atoms with van der Waals surface area (Å²) in [6.45, 7) is 3.05. The van der Waals surface area contributed by atoms with Gasteiger partial charge in [-0.25, -0.2) is 4.98 Å². The fourth-order valence-electron chi connectivity index (χ4n) is 2.42. The zero-order valence-electron chi connectivity index (χ0n) is 16.3. The summed E-state index contributed by atoms with van der Waals surface area (Å²) in [6.07, 6.45) is 3.56. The van der Waals surface area contributed by atoms with Gasteiger partial charge in [-0.05, 0) is 5.92 Å². The van der Waals surface area contributed by atoms with Crippen LogP contribution in [0.5, 0.6) is 0 Å². The Bertz CT molecular complexity index is 698. The van der Waals surface area contributed by atoms with E-state index >= 15 is 0 Å². The highest BCUT2D eigenvalue weighted by Crippen LogP contribution is 2.10.